The van der Waals surface area contributed by atoms with E-state index < -0.39 is 10.0 Å². The monoisotopic (exact) mass is 410 g/mol. The van der Waals surface area contributed by atoms with Gasteiger partial charge in [0, 0.05) is 32.7 Å². The van der Waals surface area contributed by atoms with Crippen molar-refractivity contribution in [1.82, 2.24) is 9.21 Å². The number of aryl methyl sites for hydroxylation is 1. The van der Waals surface area contributed by atoms with Crippen molar-refractivity contribution in [3.8, 4) is 5.75 Å². The lowest BCUT2D eigenvalue weighted by atomic mass is 10.0. The molecule has 3 aromatic carbocycles. The van der Waals surface area contributed by atoms with Gasteiger partial charge >= 0.3 is 0 Å². The quantitative estimate of drug-likeness (QED) is 0.644. The largest absolute Gasteiger partial charge is 0.495 e. The maximum absolute atomic E-state index is 13.2. The predicted octanol–water partition coefficient (Wildman–Crippen LogP) is 3.66. The highest BCUT2D eigenvalue weighted by Crippen LogP contribution is 2.29. The highest BCUT2D eigenvalue weighted by molar-refractivity contribution is 7.89. The van der Waals surface area contributed by atoms with E-state index in [1.54, 1.807) is 16.4 Å². The van der Waals surface area contributed by atoms with Crippen LogP contribution in [0.3, 0.4) is 0 Å². The van der Waals surface area contributed by atoms with Gasteiger partial charge in [-0.15, -0.1) is 0 Å². The zero-order valence-electron chi connectivity index (χ0n) is 16.8. The molecule has 0 bridgehead atoms. The molecule has 1 aliphatic rings. The summed E-state index contributed by atoms with van der Waals surface area (Å²) in [5, 5.41) is 2.49. The standard InChI is InChI=1S/C23H26N2O3S/c1-18-10-11-22(28-2)23(16-18)29(26,27)25-14-12-24(13-15-25)17-20-8-5-7-19-6-3-4-9-21(19)20/h3-11,16H,12-15,17H2,1-2H3. The first kappa shape index (κ1) is 19.9. The van der Waals surface area contributed by atoms with Crippen LogP contribution in [-0.2, 0) is 16.6 Å². The van der Waals surface area contributed by atoms with Gasteiger partial charge in [0.15, 0.2) is 0 Å². The number of fused-ring (bicyclic) bond motifs is 1. The Balaban J connectivity index is 1.49. The SMILES string of the molecule is COc1ccc(C)cc1S(=O)(=O)N1CCN(Cc2cccc3ccccc23)CC1. The smallest absolute Gasteiger partial charge is 0.246 e. The molecule has 3 aromatic rings. The molecular weight excluding hydrogens is 384 g/mol. The molecule has 0 aromatic heterocycles. The lowest BCUT2D eigenvalue weighted by molar-refractivity contribution is 0.182. The van der Waals surface area contributed by atoms with Crippen LogP contribution in [0.1, 0.15) is 11.1 Å². The van der Waals surface area contributed by atoms with Crippen LogP contribution >= 0.6 is 0 Å². The summed E-state index contributed by atoms with van der Waals surface area (Å²) in [5.41, 5.74) is 2.18. The molecule has 0 radical (unpaired) electrons. The van der Waals surface area contributed by atoms with E-state index >= 15 is 0 Å². The van der Waals surface area contributed by atoms with Crippen molar-refractivity contribution in [2.75, 3.05) is 33.3 Å². The van der Waals surface area contributed by atoms with E-state index in [2.05, 4.69) is 47.4 Å². The van der Waals surface area contributed by atoms with E-state index in [9.17, 15) is 8.42 Å². The second kappa shape index (κ2) is 8.14. The fourth-order valence-corrected chi connectivity index (χ4v) is 5.59. The summed E-state index contributed by atoms with van der Waals surface area (Å²) in [7, 11) is -2.07. The number of rotatable bonds is 5. The lowest BCUT2D eigenvalue weighted by Crippen LogP contribution is -2.48. The molecule has 1 saturated heterocycles. The minimum atomic E-state index is -3.58. The number of piperazine rings is 1. The molecule has 0 aliphatic carbocycles. The fraction of sp³-hybridized carbons (Fsp3) is 0.304. The molecule has 4 rings (SSSR count). The average Bonchev–Trinajstić information content (AvgIpc) is 2.74. The van der Waals surface area contributed by atoms with Gasteiger partial charge in [0.1, 0.15) is 10.6 Å². The van der Waals surface area contributed by atoms with Gasteiger partial charge in [-0.25, -0.2) is 8.42 Å². The summed E-state index contributed by atoms with van der Waals surface area (Å²) in [5.74, 6) is 0.397. The van der Waals surface area contributed by atoms with Crippen LogP contribution in [0.25, 0.3) is 10.8 Å². The number of nitrogens with zero attached hydrogens (tertiary/aromatic N) is 2. The van der Waals surface area contributed by atoms with E-state index in [0.717, 1.165) is 12.1 Å². The summed E-state index contributed by atoms with van der Waals surface area (Å²) in [6.07, 6.45) is 0. The molecule has 1 heterocycles. The summed E-state index contributed by atoms with van der Waals surface area (Å²) in [4.78, 5) is 2.57. The van der Waals surface area contributed by atoms with Crippen LogP contribution in [-0.4, -0.2) is 50.9 Å². The Labute approximate surface area is 172 Å². The molecule has 1 fully saturated rings. The van der Waals surface area contributed by atoms with E-state index in [1.807, 2.05) is 13.0 Å². The van der Waals surface area contributed by atoms with Crippen molar-refractivity contribution >= 4 is 20.8 Å². The molecule has 1 aliphatic heterocycles. The van der Waals surface area contributed by atoms with Gasteiger partial charge in [-0.2, -0.15) is 4.31 Å². The van der Waals surface area contributed by atoms with Gasteiger partial charge in [0.25, 0.3) is 0 Å². The van der Waals surface area contributed by atoms with E-state index in [1.165, 1.54) is 23.4 Å². The van der Waals surface area contributed by atoms with Gasteiger partial charge in [0.2, 0.25) is 10.0 Å². The van der Waals surface area contributed by atoms with Crippen LogP contribution in [0.2, 0.25) is 0 Å². The Morgan fingerprint density at radius 1 is 0.931 bits per heavy atom. The van der Waals surface area contributed by atoms with Crippen molar-refractivity contribution in [1.29, 1.82) is 0 Å². The molecule has 0 saturated carbocycles. The molecule has 0 spiro atoms. The minimum absolute atomic E-state index is 0.252. The Hall–Kier alpha value is -2.41. The molecule has 0 amide bonds. The maximum atomic E-state index is 13.2. The van der Waals surface area contributed by atoms with Gasteiger partial charge in [0.05, 0.1) is 7.11 Å². The van der Waals surface area contributed by atoms with Gasteiger partial charge < -0.3 is 4.74 Å². The second-order valence-electron chi connectivity index (χ2n) is 7.47. The zero-order chi connectivity index (χ0) is 20.4. The summed E-state index contributed by atoms with van der Waals surface area (Å²) in [6, 6.07) is 20.0. The topological polar surface area (TPSA) is 49.9 Å². The van der Waals surface area contributed by atoms with E-state index in [0.29, 0.717) is 31.9 Å². The van der Waals surface area contributed by atoms with Crippen LogP contribution in [0.4, 0.5) is 0 Å². The number of hydrogen-bond acceptors (Lipinski definition) is 4. The minimum Gasteiger partial charge on any atom is -0.495 e. The zero-order valence-corrected chi connectivity index (χ0v) is 17.7. The third-order valence-electron chi connectivity index (χ3n) is 5.54. The Morgan fingerprint density at radius 3 is 2.41 bits per heavy atom. The van der Waals surface area contributed by atoms with Gasteiger partial charge in [-0.3, -0.25) is 4.90 Å². The van der Waals surface area contributed by atoms with E-state index in [-0.39, 0.29) is 4.90 Å². The summed E-state index contributed by atoms with van der Waals surface area (Å²) < 4.78 is 33.2. The molecule has 0 N–H and O–H groups in total. The van der Waals surface area contributed by atoms with Crippen LogP contribution < -0.4 is 4.74 Å². The Bertz CT molecular complexity index is 1110. The van der Waals surface area contributed by atoms with Crippen molar-refractivity contribution in [3.05, 3.63) is 71.8 Å². The first-order chi connectivity index (χ1) is 14.0. The van der Waals surface area contributed by atoms with Crippen molar-refractivity contribution < 1.29 is 13.2 Å². The van der Waals surface area contributed by atoms with Gasteiger partial charge in [-0.05, 0) is 41.0 Å². The predicted molar refractivity (Wildman–Crippen MR) is 116 cm³/mol. The maximum Gasteiger partial charge on any atom is 0.246 e. The lowest BCUT2D eigenvalue weighted by Gasteiger charge is -2.34. The van der Waals surface area contributed by atoms with Crippen LogP contribution in [0, 0.1) is 6.92 Å². The number of methoxy groups -OCH3 is 1. The van der Waals surface area contributed by atoms with Crippen molar-refractivity contribution in [2.24, 2.45) is 0 Å². The Morgan fingerprint density at radius 2 is 1.66 bits per heavy atom. The molecule has 0 atom stereocenters. The third kappa shape index (κ3) is 4.01. The summed E-state index contributed by atoms with van der Waals surface area (Å²) in [6.45, 7) is 5.07. The number of hydrogen-bond donors (Lipinski definition) is 0. The second-order valence-corrected chi connectivity index (χ2v) is 9.38. The van der Waals surface area contributed by atoms with E-state index in [4.69, 9.17) is 4.74 Å². The molecule has 152 valence electrons. The molecule has 0 unspecified atom stereocenters. The first-order valence-electron chi connectivity index (χ1n) is 9.83. The highest BCUT2D eigenvalue weighted by atomic mass is 32.2. The third-order valence-corrected chi connectivity index (χ3v) is 7.46. The molecule has 29 heavy (non-hydrogen) atoms. The van der Waals surface area contributed by atoms with Crippen LogP contribution in [0.5, 0.6) is 5.75 Å². The molecule has 6 heteroatoms. The van der Waals surface area contributed by atoms with Crippen LogP contribution in [0.15, 0.2) is 65.6 Å². The average molecular weight is 411 g/mol. The normalized spacial score (nSPS) is 16.2. The van der Waals surface area contributed by atoms with Crippen molar-refractivity contribution in [3.63, 3.8) is 0 Å². The number of ether oxygens (including phenoxy) is 1. The molecule has 5 nitrogen and oxygen atoms in total. The summed E-state index contributed by atoms with van der Waals surface area (Å²) >= 11 is 0. The fourth-order valence-electron chi connectivity index (χ4n) is 3.92. The number of sulfonamides is 1. The van der Waals surface area contributed by atoms with Gasteiger partial charge in [-0.1, -0.05) is 48.5 Å². The first-order valence-corrected chi connectivity index (χ1v) is 11.3. The molecular formula is C23H26N2O3S. The van der Waals surface area contributed by atoms with Crippen molar-refractivity contribution in [2.45, 2.75) is 18.4 Å². The number of benzene rings is 3. The highest BCUT2D eigenvalue weighted by Gasteiger charge is 2.31. The Kier molecular flexibility index (Phi) is 5.58.